The smallest absolute Gasteiger partial charge is 0.130 e. The van der Waals surface area contributed by atoms with Gasteiger partial charge in [0, 0.05) is 26.4 Å². The van der Waals surface area contributed by atoms with E-state index in [1.165, 1.54) is 11.3 Å². The Kier molecular flexibility index (Phi) is 5.02. The average molecular weight is 509 g/mol. The molecule has 0 saturated carbocycles. The number of aromatic nitrogens is 1. The number of benzene rings is 2. The van der Waals surface area contributed by atoms with Crippen LogP contribution >= 0.6 is 31.9 Å². The lowest BCUT2D eigenvalue weighted by Gasteiger charge is -2.29. The van der Waals surface area contributed by atoms with Crippen LogP contribution in [0, 0.1) is 0 Å². The highest BCUT2D eigenvalue weighted by Crippen LogP contribution is 2.48. The topological polar surface area (TPSA) is 28.2 Å². The Labute approximate surface area is 187 Å². The third-order valence-corrected chi connectivity index (χ3v) is 6.14. The molecule has 1 unspecified atom stereocenters. The number of anilines is 2. The summed E-state index contributed by atoms with van der Waals surface area (Å²) in [6.45, 7) is 0. The summed E-state index contributed by atoms with van der Waals surface area (Å²) in [4.78, 5) is 7.10. The highest BCUT2D eigenvalue weighted by atomic mass is 79.9. The van der Waals surface area contributed by atoms with Gasteiger partial charge in [-0.25, -0.2) is 0 Å². The van der Waals surface area contributed by atoms with Gasteiger partial charge in [-0.15, -0.1) is 0 Å². The SMILES string of the molecule is Brc1cc(Br)cc(C2Nc3c(ccnc3-c3ccccc3)N2C2=CCCC=C2)c1. The zero-order valence-electron chi connectivity index (χ0n) is 15.6. The molecule has 1 atom stereocenters. The van der Waals surface area contributed by atoms with Crippen molar-refractivity contribution in [3.8, 4) is 11.3 Å². The summed E-state index contributed by atoms with van der Waals surface area (Å²) in [7, 11) is 0. The normalized spacial score (nSPS) is 17.7. The molecule has 5 rings (SSSR count). The second-order valence-corrected chi connectivity index (χ2v) is 8.98. The monoisotopic (exact) mass is 507 g/mol. The van der Waals surface area contributed by atoms with Gasteiger partial charge in [0.15, 0.2) is 0 Å². The Bertz CT molecular complexity index is 1100. The number of pyridine rings is 1. The predicted molar refractivity (Wildman–Crippen MR) is 127 cm³/mol. The minimum absolute atomic E-state index is 0.0144. The molecule has 0 fully saturated rings. The molecule has 2 aliphatic rings. The van der Waals surface area contributed by atoms with Crippen LogP contribution in [0.25, 0.3) is 11.3 Å². The highest BCUT2D eigenvalue weighted by molar-refractivity contribution is 9.11. The van der Waals surface area contributed by atoms with E-state index in [1.807, 2.05) is 12.3 Å². The van der Waals surface area contributed by atoms with E-state index in [9.17, 15) is 0 Å². The molecular formula is C24H19Br2N3. The van der Waals surface area contributed by atoms with Crippen molar-refractivity contribution in [2.24, 2.45) is 0 Å². The molecule has 1 N–H and O–H groups in total. The Morgan fingerprint density at radius 3 is 2.48 bits per heavy atom. The van der Waals surface area contributed by atoms with Crippen molar-refractivity contribution in [3.05, 3.63) is 99.2 Å². The number of halogens is 2. The number of allylic oxidation sites excluding steroid dienone is 3. The maximum absolute atomic E-state index is 4.72. The first kappa shape index (κ1) is 18.6. The molecule has 0 bridgehead atoms. The van der Waals surface area contributed by atoms with Gasteiger partial charge in [-0.05, 0) is 48.7 Å². The Balaban J connectivity index is 1.68. The third-order valence-electron chi connectivity index (χ3n) is 5.23. The molecule has 0 saturated heterocycles. The van der Waals surface area contributed by atoms with E-state index in [0.717, 1.165) is 44.4 Å². The first-order valence-electron chi connectivity index (χ1n) is 9.63. The lowest BCUT2D eigenvalue weighted by Crippen LogP contribution is -2.27. The minimum Gasteiger partial charge on any atom is -0.358 e. The van der Waals surface area contributed by atoms with Gasteiger partial charge in [0.1, 0.15) is 6.17 Å². The molecule has 1 aromatic heterocycles. The molecule has 2 aromatic carbocycles. The fraction of sp³-hybridized carbons (Fsp3) is 0.125. The summed E-state index contributed by atoms with van der Waals surface area (Å²) >= 11 is 7.29. The number of nitrogens with one attached hydrogen (secondary N) is 1. The highest BCUT2D eigenvalue weighted by Gasteiger charge is 2.34. The number of hydrogen-bond donors (Lipinski definition) is 1. The standard InChI is InChI=1S/C24H19Br2N3/c25-18-13-17(14-19(26)15-18)24-28-23-21(29(24)20-9-5-2-6-10-20)11-12-27-22(23)16-7-3-1-4-8-16/h1,3-5,7-15,24,28H,2,6H2. The molecule has 3 nitrogen and oxygen atoms in total. The molecule has 5 heteroatoms. The Hall–Kier alpha value is -2.37. The van der Waals surface area contributed by atoms with Crippen LogP contribution in [0.1, 0.15) is 24.6 Å². The molecule has 2 heterocycles. The molecule has 3 aromatic rings. The summed E-state index contributed by atoms with van der Waals surface area (Å²) in [5.41, 5.74) is 6.71. The first-order valence-corrected chi connectivity index (χ1v) is 11.2. The quantitative estimate of drug-likeness (QED) is 0.398. The van der Waals surface area contributed by atoms with E-state index < -0.39 is 0 Å². The van der Waals surface area contributed by atoms with Gasteiger partial charge in [-0.1, -0.05) is 74.3 Å². The van der Waals surface area contributed by atoms with Gasteiger partial charge < -0.3 is 10.2 Å². The van der Waals surface area contributed by atoms with Crippen molar-refractivity contribution in [1.29, 1.82) is 0 Å². The predicted octanol–water partition coefficient (Wildman–Crippen LogP) is 7.44. The molecular weight excluding hydrogens is 490 g/mol. The fourth-order valence-electron chi connectivity index (χ4n) is 3.98. The van der Waals surface area contributed by atoms with E-state index in [1.54, 1.807) is 0 Å². The zero-order chi connectivity index (χ0) is 19.8. The molecule has 1 aliphatic heterocycles. The van der Waals surface area contributed by atoms with Crippen molar-refractivity contribution >= 4 is 43.2 Å². The number of rotatable bonds is 3. The van der Waals surface area contributed by atoms with Crippen molar-refractivity contribution in [1.82, 2.24) is 4.98 Å². The summed E-state index contributed by atoms with van der Waals surface area (Å²) in [5, 5.41) is 3.77. The summed E-state index contributed by atoms with van der Waals surface area (Å²) in [6, 6.07) is 18.9. The lowest BCUT2D eigenvalue weighted by molar-refractivity contribution is 0.790. The average Bonchev–Trinajstić information content (AvgIpc) is 3.14. The zero-order valence-corrected chi connectivity index (χ0v) is 18.8. The van der Waals surface area contributed by atoms with Gasteiger partial charge in [0.05, 0.1) is 17.1 Å². The molecule has 0 radical (unpaired) electrons. The van der Waals surface area contributed by atoms with E-state index in [2.05, 4.69) is 109 Å². The fourth-order valence-corrected chi connectivity index (χ4v) is 5.31. The van der Waals surface area contributed by atoms with Crippen LogP contribution in [0.3, 0.4) is 0 Å². The van der Waals surface area contributed by atoms with E-state index >= 15 is 0 Å². The summed E-state index contributed by atoms with van der Waals surface area (Å²) < 4.78 is 2.10. The molecule has 1 aliphatic carbocycles. The first-order chi connectivity index (χ1) is 14.2. The van der Waals surface area contributed by atoms with Crippen molar-refractivity contribution in [2.45, 2.75) is 19.0 Å². The van der Waals surface area contributed by atoms with Gasteiger partial charge in [-0.3, -0.25) is 4.98 Å². The maximum atomic E-state index is 4.72. The van der Waals surface area contributed by atoms with Crippen molar-refractivity contribution < 1.29 is 0 Å². The maximum Gasteiger partial charge on any atom is 0.130 e. The van der Waals surface area contributed by atoms with Crippen LogP contribution in [0.2, 0.25) is 0 Å². The molecule has 0 amide bonds. The third kappa shape index (κ3) is 3.53. The number of fused-ring (bicyclic) bond motifs is 1. The largest absolute Gasteiger partial charge is 0.358 e. The van der Waals surface area contributed by atoms with Crippen LogP contribution in [-0.2, 0) is 0 Å². The molecule has 29 heavy (non-hydrogen) atoms. The summed E-state index contributed by atoms with van der Waals surface area (Å²) in [5.74, 6) is 0. The van der Waals surface area contributed by atoms with Gasteiger partial charge in [-0.2, -0.15) is 0 Å². The Morgan fingerprint density at radius 1 is 0.966 bits per heavy atom. The summed E-state index contributed by atoms with van der Waals surface area (Å²) in [6.07, 6.45) is 10.8. The second kappa shape index (κ2) is 7.81. The number of hydrogen-bond acceptors (Lipinski definition) is 3. The van der Waals surface area contributed by atoms with E-state index in [-0.39, 0.29) is 6.17 Å². The van der Waals surface area contributed by atoms with Crippen LogP contribution < -0.4 is 10.2 Å². The molecule has 144 valence electrons. The van der Waals surface area contributed by atoms with Crippen molar-refractivity contribution in [3.63, 3.8) is 0 Å². The lowest BCUT2D eigenvalue weighted by atomic mass is 10.1. The van der Waals surface area contributed by atoms with Crippen LogP contribution in [-0.4, -0.2) is 4.98 Å². The second-order valence-electron chi connectivity index (χ2n) is 7.15. The van der Waals surface area contributed by atoms with Crippen LogP contribution in [0.4, 0.5) is 11.4 Å². The van der Waals surface area contributed by atoms with E-state index in [4.69, 9.17) is 4.98 Å². The number of nitrogens with zero attached hydrogens (tertiary/aromatic N) is 2. The van der Waals surface area contributed by atoms with Gasteiger partial charge in [0.25, 0.3) is 0 Å². The molecule has 0 spiro atoms. The Morgan fingerprint density at radius 2 is 1.76 bits per heavy atom. The van der Waals surface area contributed by atoms with Gasteiger partial charge >= 0.3 is 0 Å². The van der Waals surface area contributed by atoms with Crippen LogP contribution in [0.5, 0.6) is 0 Å². The van der Waals surface area contributed by atoms with Gasteiger partial charge in [0.2, 0.25) is 0 Å². The van der Waals surface area contributed by atoms with E-state index in [0.29, 0.717) is 0 Å². The van der Waals surface area contributed by atoms with Crippen molar-refractivity contribution in [2.75, 3.05) is 10.2 Å². The minimum atomic E-state index is -0.0144. The van der Waals surface area contributed by atoms with Crippen LogP contribution in [0.15, 0.2) is 93.7 Å².